The average molecular weight is 367 g/mol. The van der Waals surface area contributed by atoms with Crippen LogP contribution in [0, 0.1) is 0 Å². The molecule has 0 aliphatic carbocycles. The summed E-state index contributed by atoms with van der Waals surface area (Å²) in [6.07, 6.45) is 0.714. The van der Waals surface area contributed by atoms with Crippen molar-refractivity contribution in [3.63, 3.8) is 0 Å². The van der Waals surface area contributed by atoms with Crippen LogP contribution in [0.15, 0.2) is 30.3 Å². The molecule has 0 saturated carbocycles. The first-order valence-electron chi connectivity index (χ1n) is 8.18. The molecule has 1 aliphatic rings. The van der Waals surface area contributed by atoms with Crippen LogP contribution in [-0.4, -0.2) is 39.4 Å². The largest absolute Gasteiger partial charge is 0.493 e. The summed E-state index contributed by atoms with van der Waals surface area (Å²) in [5.41, 5.74) is 1.63. The third kappa shape index (κ3) is 2.77. The fraction of sp³-hybridized carbons (Fsp3) is 0.200. The molecule has 0 saturated heterocycles. The summed E-state index contributed by atoms with van der Waals surface area (Å²) in [6.45, 7) is 0.166. The number of nitrogens with zero attached hydrogens (tertiary/aromatic N) is 1. The highest BCUT2D eigenvalue weighted by Crippen LogP contribution is 2.44. The molecule has 7 nitrogen and oxygen atoms in total. The third-order valence-electron chi connectivity index (χ3n) is 4.40. The lowest BCUT2D eigenvalue weighted by Crippen LogP contribution is -1.98. The maximum absolute atomic E-state index is 11.4. The van der Waals surface area contributed by atoms with Gasteiger partial charge in [0.25, 0.3) is 0 Å². The van der Waals surface area contributed by atoms with Crippen molar-refractivity contribution < 1.29 is 28.5 Å². The minimum absolute atomic E-state index is 0.166. The fourth-order valence-corrected chi connectivity index (χ4v) is 3.16. The van der Waals surface area contributed by atoms with E-state index in [1.165, 1.54) is 0 Å². The smallest absolute Gasteiger partial charge is 0.231 e. The Hall–Kier alpha value is -3.48. The molecule has 7 heteroatoms. The Morgan fingerprint density at radius 3 is 2.19 bits per heavy atom. The summed E-state index contributed by atoms with van der Waals surface area (Å²) in [6, 6.07) is 9.00. The van der Waals surface area contributed by atoms with E-state index in [2.05, 4.69) is 4.98 Å². The predicted molar refractivity (Wildman–Crippen MR) is 98.3 cm³/mol. The van der Waals surface area contributed by atoms with E-state index >= 15 is 0 Å². The molecule has 2 aromatic carbocycles. The Balaban J connectivity index is 2.02. The summed E-state index contributed by atoms with van der Waals surface area (Å²) in [4.78, 5) is 15.9. The first-order valence-corrected chi connectivity index (χ1v) is 8.18. The van der Waals surface area contributed by atoms with Gasteiger partial charge < -0.3 is 23.7 Å². The summed E-state index contributed by atoms with van der Waals surface area (Å²) in [5.74, 6) is 2.76. The molecule has 1 aromatic heterocycles. The van der Waals surface area contributed by atoms with Crippen molar-refractivity contribution in [2.24, 2.45) is 0 Å². The van der Waals surface area contributed by atoms with Gasteiger partial charge in [0.15, 0.2) is 29.3 Å². The zero-order valence-electron chi connectivity index (χ0n) is 15.1. The molecule has 0 unspecified atom stereocenters. The van der Waals surface area contributed by atoms with Gasteiger partial charge in [-0.3, -0.25) is 4.79 Å². The monoisotopic (exact) mass is 367 g/mol. The van der Waals surface area contributed by atoms with Crippen LogP contribution in [0.2, 0.25) is 0 Å². The van der Waals surface area contributed by atoms with Crippen molar-refractivity contribution in [3.8, 4) is 40.0 Å². The Morgan fingerprint density at radius 1 is 0.926 bits per heavy atom. The number of rotatable bonds is 5. The molecule has 0 radical (unpaired) electrons. The van der Waals surface area contributed by atoms with Crippen molar-refractivity contribution in [1.82, 2.24) is 4.98 Å². The van der Waals surface area contributed by atoms with Crippen LogP contribution in [0.3, 0.4) is 0 Å². The molecule has 138 valence electrons. The van der Waals surface area contributed by atoms with Gasteiger partial charge in [-0.1, -0.05) is 0 Å². The van der Waals surface area contributed by atoms with E-state index in [1.807, 2.05) is 12.1 Å². The second-order valence-corrected chi connectivity index (χ2v) is 5.85. The van der Waals surface area contributed by atoms with Crippen LogP contribution < -0.4 is 23.7 Å². The molecule has 0 amide bonds. The minimum Gasteiger partial charge on any atom is -0.493 e. The van der Waals surface area contributed by atoms with E-state index in [0.29, 0.717) is 46.4 Å². The van der Waals surface area contributed by atoms with Crippen molar-refractivity contribution in [3.05, 3.63) is 36.0 Å². The number of aromatic nitrogens is 1. The lowest BCUT2D eigenvalue weighted by atomic mass is 10.0. The van der Waals surface area contributed by atoms with Gasteiger partial charge in [0.05, 0.1) is 27.0 Å². The molecule has 1 aliphatic heterocycles. The molecular weight excluding hydrogens is 350 g/mol. The van der Waals surface area contributed by atoms with Crippen molar-refractivity contribution in [2.45, 2.75) is 0 Å². The maximum Gasteiger partial charge on any atom is 0.231 e. The van der Waals surface area contributed by atoms with E-state index in [4.69, 9.17) is 23.7 Å². The van der Waals surface area contributed by atoms with Gasteiger partial charge >= 0.3 is 0 Å². The number of ether oxygens (including phenoxy) is 5. The van der Waals surface area contributed by atoms with Gasteiger partial charge in [0.1, 0.15) is 5.69 Å². The second kappa shape index (κ2) is 6.68. The molecule has 3 aromatic rings. The number of carbonyl (C=O) groups is 1. The van der Waals surface area contributed by atoms with Gasteiger partial charge in [0, 0.05) is 10.9 Å². The number of hydrogen-bond donors (Lipinski definition) is 0. The normalized spacial score (nSPS) is 12.1. The second-order valence-electron chi connectivity index (χ2n) is 5.85. The molecule has 0 N–H and O–H groups in total. The molecule has 2 heterocycles. The number of aldehydes is 1. The van der Waals surface area contributed by atoms with Crippen molar-refractivity contribution in [2.75, 3.05) is 28.1 Å². The van der Waals surface area contributed by atoms with E-state index in [9.17, 15) is 4.79 Å². The number of fused-ring (bicyclic) bond motifs is 2. The van der Waals surface area contributed by atoms with Gasteiger partial charge in [-0.05, 0) is 35.7 Å². The molecule has 0 bridgehead atoms. The predicted octanol–water partition coefficient (Wildman–Crippen LogP) is 3.47. The number of carbonyl (C=O) groups excluding carboxylic acids is 1. The van der Waals surface area contributed by atoms with Crippen molar-refractivity contribution in [1.29, 1.82) is 0 Å². The van der Waals surface area contributed by atoms with Gasteiger partial charge in [-0.25, -0.2) is 4.98 Å². The quantitative estimate of drug-likeness (QED) is 0.639. The van der Waals surface area contributed by atoms with Crippen LogP contribution in [0.4, 0.5) is 0 Å². The Morgan fingerprint density at radius 2 is 1.59 bits per heavy atom. The summed E-state index contributed by atoms with van der Waals surface area (Å²) in [5, 5.41) is 1.64. The Labute approximate surface area is 155 Å². The summed E-state index contributed by atoms with van der Waals surface area (Å²) in [7, 11) is 4.64. The van der Waals surface area contributed by atoms with Gasteiger partial charge in [0.2, 0.25) is 12.5 Å². The lowest BCUT2D eigenvalue weighted by Gasteiger charge is -2.15. The van der Waals surface area contributed by atoms with E-state index in [0.717, 1.165) is 16.3 Å². The van der Waals surface area contributed by atoms with Crippen LogP contribution in [0.5, 0.6) is 28.7 Å². The van der Waals surface area contributed by atoms with Crippen LogP contribution >= 0.6 is 0 Å². The minimum atomic E-state index is 0.166. The van der Waals surface area contributed by atoms with Crippen LogP contribution in [0.25, 0.3) is 22.0 Å². The first-order chi connectivity index (χ1) is 13.2. The zero-order chi connectivity index (χ0) is 19.0. The maximum atomic E-state index is 11.4. The van der Waals surface area contributed by atoms with Gasteiger partial charge in [-0.15, -0.1) is 0 Å². The number of hydrogen-bond acceptors (Lipinski definition) is 7. The van der Waals surface area contributed by atoms with Gasteiger partial charge in [-0.2, -0.15) is 0 Å². The molecule has 0 atom stereocenters. The first kappa shape index (κ1) is 17.0. The Kier molecular flexibility index (Phi) is 4.19. The van der Waals surface area contributed by atoms with Crippen LogP contribution in [0.1, 0.15) is 10.5 Å². The lowest BCUT2D eigenvalue weighted by molar-refractivity contribution is 0.111. The Bertz CT molecular complexity index is 1020. The molecule has 0 fully saturated rings. The molecule has 27 heavy (non-hydrogen) atoms. The summed E-state index contributed by atoms with van der Waals surface area (Å²) >= 11 is 0. The zero-order valence-corrected chi connectivity index (χ0v) is 15.1. The topological polar surface area (TPSA) is 76.1 Å². The molecule has 4 rings (SSSR count). The SMILES string of the molecule is COc1cc(-c2nc(C=O)cc3cc4c(cc23)OCO4)cc(OC)c1OC. The average Bonchev–Trinajstić information content (AvgIpc) is 3.17. The molecular formula is C20H17NO6. The highest BCUT2D eigenvalue weighted by atomic mass is 16.7. The van der Waals surface area contributed by atoms with E-state index in [-0.39, 0.29) is 6.79 Å². The number of methoxy groups -OCH3 is 3. The number of pyridine rings is 1. The fourth-order valence-electron chi connectivity index (χ4n) is 3.16. The van der Waals surface area contributed by atoms with E-state index < -0.39 is 0 Å². The summed E-state index contributed by atoms with van der Waals surface area (Å²) < 4.78 is 27.2. The van der Waals surface area contributed by atoms with E-state index in [1.54, 1.807) is 39.5 Å². The standard InChI is InChI=1S/C20H17NO6/c1-23-17-6-12(7-18(24-2)20(17)25-3)19-14-8-16-15(26-10-27-16)5-11(14)4-13(9-22)21-19/h4-9H,10H2,1-3H3. The van der Waals surface area contributed by atoms with Crippen molar-refractivity contribution >= 4 is 17.1 Å². The van der Waals surface area contributed by atoms with Crippen LogP contribution in [-0.2, 0) is 0 Å². The highest BCUT2D eigenvalue weighted by molar-refractivity contribution is 5.99. The highest BCUT2D eigenvalue weighted by Gasteiger charge is 2.20. The third-order valence-corrected chi connectivity index (χ3v) is 4.40. The molecule has 0 spiro atoms. The number of benzene rings is 2.